The molecule has 0 atom stereocenters. The minimum atomic E-state index is -0.383. The lowest BCUT2D eigenvalue weighted by Gasteiger charge is -2.35. The van der Waals surface area contributed by atoms with Crippen LogP contribution in [0.25, 0.3) is 0 Å². The molecule has 1 aliphatic heterocycles. The summed E-state index contributed by atoms with van der Waals surface area (Å²) in [4.78, 5) is 33.0. The fraction of sp³-hybridized carbons (Fsp3) is 0.263. The molecule has 1 N–H and O–H groups in total. The van der Waals surface area contributed by atoms with Gasteiger partial charge in [-0.15, -0.1) is 5.10 Å². The van der Waals surface area contributed by atoms with Crippen molar-refractivity contribution in [3.8, 4) is 0 Å². The van der Waals surface area contributed by atoms with Crippen LogP contribution in [0.5, 0.6) is 0 Å². The van der Waals surface area contributed by atoms with Gasteiger partial charge in [-0.1, -0.05) is 6.07 Å². The lowest BCUT2D eigenvalue weighted by atomic mass is 10.2. The van der Waals surface area contributed by atoms with E-state index >= 15 is 0 Å². The third kappa shape index (κ3) is 4.40. The molecule has 0 bridgehead atoms. The van der Waals surface area contributed by atoms with Gasteiger partial charge >= 0.3 is 0 Å². The molecule has 0 unspecified atom stereocenters. The van der Waals surface area contributed by atoms with Gasteiger partial charge in [0.05, 0.1) is 5.56 Å². The SMILES string of the molecule is O=C(Cn1cnnn1)N1CCN(C(=O)c2cccnc2Nc2cccc(F)c2)CC1. The summed E-state index contributed by atoms with van der Waals surface area (Å²) in [6.07, 6.45) is 2.95. The third-order valence-corrected chi connectivity index (χ3v) is 4.73. The predicted molar refractivity (Wildman–Crippen MR) is 104 cm³/mol. The van der Waals surface area contributed by atoms with Gasteiger partial charge in [0.25, 0.3) is 5.91 Å². The Morgan fingerprint density at radius 2 is 1.87 bits per heavy atom. The Labute approximate surface area is 171 Å². The van der Waals surface area contributed by atoms with Crippen LogP contribution >= 0.6 is 0 Å². The smallest absolute Gasteiger partial charge is 0.257 e. The van der Waals surface area contributed by atoms with Gasteiger partial charge in [0.1, 0.15) is 24.5 Å². The van der Waals surface area contributed by atoms with E-state index in [9.17, 15) is 14.0 Å². The minimum absolute atomic E-state index is 0.0608. The van der Waals surface area contributed by atoms with E-state index in [1.807, 2.05) is 0 Å². The topological polar surface area (TPSA) is 109 Å². The van der Waals surface area contributed by atoms with Gasteiger partial charge in [0, 0.05) is 38.1 Å². The van der Waals surface area contributed by atoms with Gasteiger partial charge in [-0.05, 0) is 40.8 Å². The van der Waals surface area contributed by atoms with E-state index in [0.29, 0.717) is 43.2 Å². The number of piperazine rings is 1. The predicted octanol–water partition coefficient (Wildman–Crippen LogP) is 0.935. The normalized spacial score (nSPS) is 13.9. The summed E-state index contributed by atoms with van der Waals surface area (Å²) in [7, 11) is 0. The van der Waals surface area contributed by atoms with Crippen LogP contribution < -0.4 is 5.32 Å². The zero-order chi connectivity index (χ0) is 20.9. The quantitative estimate of drug-likeness (QED) is 0.667. The number of benzene rings is 1. The number of anilines is 2. The van der Waals surface area contributed by atoms with Crippen molar-refractivity contribution in [2.24, 2.45) is 0 Å². The number of tetrazole rings is 1. The second kappa shape index (κ2) is 8.64. The minimum Gasteiger partial charge on any atom is -0.339 e. The first-order valence-electron chi connectivity index (χ1n) is 9.35. The molecular weight excluding hydrogens is 391 g/mol. The van der Waals surface area contributed by atoms with Crippen LogP contribution in [0, 0.1) is 5.82 Å². The molecule has 4 rings (SSSR count). The Morgan fingerprint density at radius 1 is 1.07 bits per heavy atom. The maximum Gasteiger partial charge on any atom is 0.257 e. The first kappa shape index (κ1) is 19.4. The van der Waals surface area contributed by atoms with Crippen molar-refractivity contribution in [2.75, 3.05) is 31.5 Å². The second-order valence-electron chi connectivity index (χ2n) is 6.72. The van der Waals surface area contributed by atoms with Crippen molar-refractivity contribution in [3.63, 3.8) is 0 Å². The highest BCUT2D eigenvalue weighted by Crippen LogP contribution is 2.21. The number of nitrogens with zero attached hydrogens (tertiary/aromatic N) is 7. The number of amides is 2. The van der Waals surface area contributed by atoms with Crippen LogP contribution in [0.2, 0.25) is 0 Å². The molecule has 11 heteroatoms. The van der Waals surface area contributed by atoms with Crippen LogP contribution in [0.3, 0.4) is 0 Å². The van der Waals surface area contributed by atoms with Crippen molar-refractivity contribution in [3.05, 3.63) is 60.3 Å². The lowest BCUT2D eigenvalue weighted by molar-refractivity contribution is -0.133. The van der Waals surface area contributed by atoms with Crippen LogP contribution in [0.4, 0.5) is 15.9 Å². The molecule has 30 heavy (non-hydrogen) atoms. The van der Waals surface area contributed by atoms with Crippen molar-refractivity contribution in [1.82, 2.24) is 35.0 Å². The molecule has 0 spiro atoms. The number of carbonyl (C=O) groups excluding carboxylic acids is 2. The fourth-order valence-corrected chi connectivity index (χ4v) is 3.20. The molecule has 10 nitrogen and oxygen atoms in total. The molecule has 1 fully saturated rings. The van der Waals surface area contributed by atoms with Gasteiger partial charge in [-0.3, -0.25) is 9.59 Å². The number of hydrogen-bond acceptors (Lipinski definition) is 7. The average molecular weight is 410 g/mol. The third-order valence-electron chi connectivity index (χ3n) is 4.73. The summed E-state index contributed by atoms with van der Waals surface area (Å²) >= 11 is 0. The summed E-state index contributed by atoms with van der Waals surface area (Å²) in [6.45, 7) is 1.69. The van der Waals surface area contributed by atoms with E-state index in [-0.39, 0.29) is 24.2 Å². The molecule has 1 saturated heterocycles. The van der Waals surface area contributed by atoms with Gasteiger partial charge < -0.3 is 15.1 Å². The van der Waals surface area contributed by atoms with Gasteiger partial charge in [-0.2, -0.15) is 0 Å². The first-order valence-corrected chi connectivity index (χ1v) is 9.35. The Hall–Kier alpha value is -3.89. The molecular formula is C19H19FN8O2. The number of pyridine rings is 1. The molecule has 0 radical (unpaired) electrons. The maximum absolute atomic E-state index is 13.5. The maximum atomic E-state index is 13.5. The van der Waals surface area contributed by atoms with Crippen LogP contribution in [-0.2, 0) is 11.3 Å². The molecule has 2 aromatic heterocycles. The van der Waals surface area contributed by atoms with E-state index in [1.54, 1.807) is 40.3 Å². The van der Waals surface area contributed by atoms with Crippen LogP contribution in [0.1, 0.15) is 10.4 Å². The molecule has 0 saturated carbocycles. The highest BCUT2D eigenvalue weighted by molar-refractivity contribution is 5.99. The highest BCUT2D eigenvalue weighted by atomic mass is 19.1. The number of carbonyl (C=O) groups is 2. The van der Waals surface area contributed by atoms with E-state index in [0.717, 1.165) is 0 Å². The molecule has 154 valence electrons. The van der Waals surface area contributed by atoms with E-state index in [1.165, 1.54) is 23.1 Å². The fourth-order valence-electron chi connectivity index (χ4n) is 3.20. The summed E-state index contributed by atoms with van der Waals surface area (Å²) in [5, 5.41) is 13.7. The first-order chi connectivity index (χ1) is 14.6. The van der Waals surface area contributed by atoms with Gasteiger partial charge in [0.2, 0.25) is 5.91 Å². The van der Waals surface area contributed by atoms with Gasteiger partial charge in [-0.25, -0.2) is 14.1 Å². The Kier molecular flexibility index (Phi) is 5.59. The van der Waals surface area contributed by atoms with E-state index in [2.05, 4.69) is 25.8 Å². The molecule has 2 amide bonds. The Bertz CT molecular complexity index is 1030. The Morgan fingerprint density at radius 3 is 2.60 bits per heavy atom. The zero-order valence-electron chi connectivity index (χ0n) is 16.0. The number of hydrogen-bond donors (Lipinski definition) is 1. The van der Waals surface area contributed by atoms with E-state index < -0.39 is 0 Å². The van der Waals surface area contributed by atoms with Crippen molar-refractivity contribution in [1.29, 1.82) is 0 Å². The summed E-state index contributed by atoms with van der Waals surface area (Å²) in [5.41, 5.74) is 0.885. The molecule has 3 heterocycles. The standard InChI is InChI=1S/C19H19FN8O2/c20-14-3-1-4-15(11-14)23-18-16(5-2-6-21-18)19(30)27-9-7-26(8-10-27)17(29)12-28-13-22-24-25-28/h1-6,11,13H,7-10,12H2,(H,21,23). The van der Waals surface area contributed by atoms with E-state index in [4.69, 9.17) is 0 Å². The zero-order valence-corrected chi connectivity index (χ0v) is 16.0. The van der Waals surface area contributed by atoms with Crippen LogP contribution in [-0.4, -0.2) is 73.0 Å². The van der Waals surface area contributed by atoms with Crippen molar-refractivity contribution in [2.45, 2.75) is 6.54 Å². The monoisotopic (exact) mass is 410 g/mol. The average Bonchev–Trinajstić information content (AvgIpc) is 3.27. The molecule has 3 aromatic rings. The van der Waals surface area contributed by atoms with Crippen molar-refractivity contribution < 1.29 is 14.0 Å². The summed E-state index contributed by atoms with van der Waals surface area (Å²) in [5.74, 6) is -0.338. The molecule has 1 aromatic carbocycles. The molecule has 1 aliphatic rings. The number of aromatic nitrogens is 5. The van der Waals surface area contributed by atoms with Crippen LogP contribution in [0.15, 0.2) is 48.9 Å². The number of halogens is 1. The highest BCUT2D eigenvalue weighted by Gasteiger charge is 2.26. The largest absolute Gasteiger partial charge is 0.339 e. The molecule has 0 aliphatic carbocycles. The lowest BCUT2D eigenvalue weighted by Crippen LogP contribution is -2.51. The number of rotatable bonds is 5. The van der Waals surface area contributed by atoms with Gasteiger partial charge in [0.15, 0.2) is 0 Å². The van der Waals surface area contributed by atoms with Crippen molar-refractivity contribution >= 4 is 23.3 Å². The number of nitrogens with one attached hydrogen (secondary N) is 1. The second-order valence-corrected chi connectivity index (χ2v) is 6.72. The summed E-state index contributed by atoms with van der Waals surface area (Å²) in [6, 6.07) is 9.30. The summed E-state index contributed by atoms with van der Waals surface area (Å²) < 4.78 is 14.8. The Balaban J connectivity index is 1.40.